The second-order valence-corrected chi connectivity index (χ2v) is 4.86. The fourth-order valence-corrected chi connectivity index (χ4v) is 2.92. The topological polar surface area (TPSA) is 26.0 Å². The van der Waals surface area contributed by atoms with Crippen LogP contribution in [0.5, 0.6) is 0 Å². The average molecular weight is 165 g/mol. The van der Waals surface area contributed by atoms with Gasteiger partial charge in [-0.05, 0) is 43.1 Å². The lowest BCUT2D eigenvalue weighted by Gasteiger charge is -2.56. The zero-order chi connectivity index (χ0) is 8.77. The molecule has 0 amide bonds. The Morgan fingerprint density at radius 1 is 1.58 bits per heavy atom. The molecule has 3 rings (SSSR count). The number of nitrogens with two attached hydrogens (primary N) is 1. The van der Waals surface area contributed by atoms with Gasteiger partial charge in [0.05, 0.1) is 0 Å². The van der Waals surface area contributed by atoms with Crippen LogP contribution in [0, 0.1) is 17.3 Å². The summed E-state index contributed by atoms with van der Waals surface area (Å²) < 4.78 is 0. The molecule has 0 aliphatic heterocycles. The Kier molecular flexibility index (Phi) is 1.80. The van der Waals surface area contributed by atoms with Crippen molar-refractivity contribution in [3.8, 4) is 0 Å². The van der Waals surface area contributed by atoms with Crippen molar-refractivity contribution in [1.29, 1.82) is 0 Å². The van der Waals surface area contributed by atoms with Gasteiger partial charge < -0.3 is 5.73 Å². The monoisotopic (exact) mass is 165 g/mol. The van der Waals surface area contributed by atoms with Crippen LogP contribution in [0.15, 0.2) is 11.6 Å². The molecule has 0 aromatic rings. The van der Waals surface area contributed by atoms with Crippen LogP contribution < -0.4 is 5.73 Å². The van der Waals surface area contributed by atoms with Crippen molar-refractivity contribution in [2.75, 3.05) is 6.54 Å². The van der Waals surface area contributed by atoms with Crippen LogP contribution in [0.4, 0.5) is 0 Å². The van der Waals surface area contributed by atoms with Gasteiger partial charge in [-0.2, -0.15) is 0 Å². The predicted octanol–water partition coefficient (Wildman–Crippen LogP) is 2.33. The van der Waals surface area contributed by atoms with Crippen molar-refractivity contribution in [3.05, 3.63) is 11.6 Å². The van der Waals surface area contributed by atoms with E-state index in [1.807, 2.05) is 0 Å². The number of allylic oxidation sites excluding steroid dienone is 1. The van der Waals surface area contributed by atoms with Crippen LogP contribution >= 0.6 is 0 Å². The highest BCUT2D eigenvalue weighted by molar-refractivity contribution is 5.23. The van der Waals surface area contributed by atoms with E-state index in [0.29, 0.717) is 5.41 Å². The summed E-state index contributed by atoms with van der Waals surface area (Å²) in [4.78, 5) is 0. The number of hydrogen-bond acceptors (Lipinski definition) is 1. The van der Waals surface area contributed by atoms with Crippen molar-refractivity contribution in [1.82, 2.24) is 0 Å². The van der Waals surface area contributed by atoms with Gasteiger partial charge >= 0.3 is 0 Å². The third-order valence-electron chi connectivity index (χ3n) is 4.02. The smallest absolute Gasteiger partial charge is 0.00398 e. The third kappa shape index (κ3) is 0.957. The second kappa shape index (κ2) is 2.59. The lowest BCUT2D eigenvalue weighted by atomic mass is 9.48. The summed E-state index contributed by atoms with van der Waals surface area (Å²) in [5, 5.41) is 0. The lowest BCUT2D eigenvalue weighted by molar-refractivity contribution is -0.00797. The molecule has 1 fully saturated rings. The van der Waals surface area contributed by atoms with Crippen molar-refractivity contribution in [2.24, 2.45) is 23.0 Å². The van der Waals surface area contributed by atoms with Crippen LogP contribution in [0.25, 0.3) is 0 Å². The van der Waals surface area contributed by atoms with E-state index < -0.39 is 0 Å². The van der Waals surface area contributed by atoms with E-state index in [1.165, 1.54) is 12.8 Å². The van der Waals surface area contributed by atoms with E-state index in [9.17, 15) is 0 Å². The van der Waals surface area contributed by atoms with E-state index >= 15 is 0 Å². The van der Waals surface area contributed by atoms with Crippen LogP contribution in [-0.2, 0) is 0 Å². The van der Waals surface area contributed by atoms with Gasteiger partial charge in [-0.15, -0.1) is 0 Å². The molecule has 1 saturated carbocycles. The maximum absolute atomic E-state index is 5.59. The molecule has 0 spiro atoms. The Balaban J connectivity index is 2.13. The summed E-state index contributed by atoms with van der Waals surface area (Å²) in [6.45, 7) is 5.65. The van der Waals surface area contributed by atoms with Gasteiger partial charge in [0.2, 0.25) is 0 Å². The summed E-state index contributed by atoms with van der Waals surface area (Å²) >= 11 is 0. The number of rotatable bonds is 2. The van der Waals surface area contributed by atoms with Gasteiger partial charge in [0, 0.05) is 0 Å². The minimum atomic E-state index is 0.583. The molecule has 3 aliphatic rings. The largest absolute Gasteiger partial charge is 0.330 e. The zero-order valence-corrected chi connectivity index (χ0v) is 8.14. The highest BCUT2D eigenvalue weighted by atomic mass is 14.6. The molecular formula is C11H19N. The highest BCUT2D eigenvalue weighted by Gasteiger charge is 2.50. The molecule has 0 radical (unpaired) electrons. The Labute approximate surface area is 75.0 Å². The van der Waals surface area contributed by atoms with Crippen molar-refractivity contribution in [3.63, 3.8) is 0 Å². The number of fused-ring (bicyclic) bond motifs is 1. The van der Waals surface area contributed by atoms with Gasteiger partial charge in [-0.1, -0.05) is 25.5 Å². The molecule has 2 unspecified atom stereocenters. The van der Waals surface area contributed by atoms with Gasteiger partial charge in [-0.3, -0.25) is 0 Å². The maximum Gasteiger partial charge on any atom is -0.00398 e. The molecule has 0 heterocycles. The molecule has 0 saturated heterocycles. The maximum atomic E-state index is 5.59. The fourth-order valence-electron chi connectivity index (χ4n) is 2.92. The zero-order valence-electron chi connectivity index (χ0n) is 8.14. The quantitative estimate of drug-likeness (QED) is 0.624. The lowest BCUT2D eigenvalue weighted by Crippen LogP contribution is -2.48. The first-order valence-corrected chi connectivity index (χ1v) is 5.05. The second-order valence-electron chi connectivity index (χ2n) is 4.86. The van der Waals surface area contributed by atoms with Gasteiger partial charge in [-0.25, -0.2) is 0 Å². The van der Waals surface area contributed by atoms with Crippen molar-refractivity contribution < 1.29 is 0 Å². The van der Waals surface area contributed by atoms with E-state index in [1.54, 1.807) is 5.57 Å². The first kappa shape index (κ1) is 8.31. The Hall–Kier alpha value is -0.300. The van der Waals surface area contributed by atoms with Crippen LogP contribution in [0.3, 0.4) is 0 Å². The van der Waals surface area contributed by atoms with Gasteiger partial charge in [0.15, 0.2) is 0 Å². The standard InChI is InChI=1S/C11H19N/c1-11(2)9-4-3-8(5-6-12)10(11)7-9/h3,9-10H,4-7,12H2,1-2H3. The molecule has 2 N–H and O–H groups in total. The first-order chi connectivity index (χ1) is 5.66. The van der Waals surface area contributed by atoms with Crippen LogP contribution in [0.1, 0.15) is 33.1 Å². The summed E-state index contributed by atoms with van der Waals surface area (Å²) in [6.07, 6.45) is 6.30. The molecule has 2 atom stereocenters. The van der Waals surface area contributed by atoms with Crippen LogP contribution in [0.2, 0.25) is 0 Å². The molecule has 68 valence electrons. The minimum Gasteiger partial charge on any atom is -0.330 e. The summed E-state index contributed by atoms with van der Waals surface area (Å²) in [5.74, 6) is 1.82. The first-order valence-electron chi connectivity index (χ1n) is 5.05. The molecule has 2 bridgehead atoms. The van der Waals surface area contributed by atoms with Gasteiger partial charge in [0.1, 0.15) is 0 Å². The summed E-state index contributed by atoms with van der Waals surface area (Å²) in [5.41, 5.74) is 7.81. The molecule has 0 aromatic heterocycles. The number of hydrogen-bond donors (Lipinski definition) is 1. The molecule has 1 heteroatoms. The van der Waals surface area contributed by atoms with E-state index in [0.717, 1.165) is 24.8 Å². The molecule has 12 heavy (non-hydrogen) atoms. The minimum absolute atomic E-state index is 0.583. The van der Waals surface area contributed by atoms with Crippen LogP contribution in [-0.4, -0.2) is 6.54 Å². The normalized spacial score (nSPS) is 37.1. The Bertz CT molecular complexity index is 215. The van der Waals surface area contributed by atoms with E-state index in [-0.39, 0.29) is 0 Å². The molecule has 1 nitrogen and oxygen atoms in total. The van der Waals surface area contributed by atoms with E-state index in [2.05, 4.69) is 19.9 Å². The summed E-state index contributed by atoms with van der Waals surface area (Å²) in [7, 11) is 0. The summed E-state index contributed by atoms with van der Waals surface area (Å²) in [6, 6.07) is 0. The predicted molar refractivity (Wildman–Crippen MR) is 51.7 cm³/mol. The average Bonchev–Trinajstić information content (AvgIpc) is 2.05. The van der Waals surface area contributed by atoms with E-state index in [4.69, 9.17) is 5.73 Å². The molecule has 0 aromatic carbocycles. The molecule has 3 aliphatic carbocycles. The van der Waals surface area contributed by atoms with Crippen molar-refractivity contribution >= 4 is 0 Å². The fraction of sp³-hybridized carbons (Fsp3) is 0.818. The van der Waals surface area contributed by atoms with Crippen molar-refractivity contribution in [2.45, 2.75) is 33.1 Å². The Morgan fingerprint density at radius 2 is 2.33 bits per heavy atom. The highest BCUT2D eigenvalue weighted by Crippen LogP contribution is 2.59. The Morgan fingerprint density at radius 3 is 2.83 bits per heavy atom. The SMILES string of the molecule is CC1(C)C2CC=C(CCN)C1C2. The van der Waals surface area contributed by atoms with Gasteiger partial charge in [0.25, 0.3) is 0 Å². The molecular weight excluding hydrogens is 146 g/mol. The third-order valence-corrected chi connectivity index (χ3v) is 4.02.